The Labute approximate surface area is 336 Å². The van der Waals surface area contributed by atoms with Crippen LogP contribution < -0.4 is 19.9 Å². The third-order valence-corrected chi connectivity index (χ3v) is 13.2. The minimum atomic E-state index is -1.04. The number of phenols is 1. The van der Waals surface area contributed by atoms with E-state index < -0.39 is 17.6 Å². The van der Waals surface area contributed by atoms with E-state index in [0.717, 1.165) is 21.4 Å². The van der Waals surface area contributed by atoms with Crippen LogP contribution in [0.25, 0.3) is 16.3 Å². The molecule has 4 heterocycles. The molecular weight excluding hydrogens is 776 g/mol. The molecule has 3 aromatic heterocycles. The van der Waals surface area contributed by atoms with Crippen LogP contribution in [0.1, 0.15) is 84.8 Å². The first-order chi connectivity index (χ1) is 27.2. The third kappa shape index (κ3) is 8.15. The maximum atomic E-state index is 14.1. The minimum Gasteiger partial charge on any atom is -0.507 e. The Hall–Kier alpha value is -4.50. The molecule has 2 N–H and O–H groups in total. The van der Waals surface area contributed by atoms with Crippen molar-refractivity contribution in [1.82, 2.24) is 14.4 Å². The van der Waals surface area contributed by atoms with E-state index in [0.29, 0.717) is 62.3 Å². The smallest absolute Gasteiger partial charge is 0.355 e. The Kier molecular flexibility index (Phi) is 12.6. The lowest BCUT2D eigenvalue weighted by Gasteiger charge is -2.22. The van der Waals surface area contributed by atoms with Gasteiger partial charge in [0.2, 0.25) is 11.8 Å². The molecule has 1 amide bonds. The van der Waals surface area contributed by atoms with Crippen LogP contribution in [0.2, 0.25) is 0 Å². The molecule has 0 radical (unpaired) electrons. The van der Waals surface area contributed by atoms with Gasteiger partial charge in [-0.25, -0.2) is 14.8 Å². The monoisotopic (exact) mass is 818 g/mol. The number of halogens is 1. The third-order valence-electron chi connectivity index (χ3n) is 10.1. The molecule has 15 heteroatoms. The van der Waals surface area contributed by atoms with E-state index in [4.69, 9.17) is 25.8 Å². The van der Waals surface area contributed by atoms with Crippen LogP contribution in [0.3, 0.4) is 0 Å². The molecule has 12 nitrogen and oxygen atoms in total. The Balaban J connectivity index is 1.05. The Morgan fingerprint density at radius 1 is 1.07 bits per heavy atom. The summed E-state index contributed by atoms with van der Waals surface area (Å²) in [5, 5.41) is 24.3. The lowest BCUT2D eigenvalue weighted by atomic mass is 9.92. The molecule has 7 rings (SSSR count). The van der Waals surface area contributed by atoms with Crippen LogP contribution in [-0.2, 0) is 16.0 Å². The highest BCUT2D eigenvalue weighted by Crippen LogP contribution is 2.45. The number of fused-ring (bicyclic) bond motifs is 5. The number of methoxy groups -OCH3 is 1. The maximum absolute atomic E-state index is 14.1. The van der Waals surface area contributed by atoms with E-state index >= 15 is 0 Å². The second-order valence-electron chi connectivity index (χ2n) is 13.9. The molecular formula is C41H43ClN4O8S2. The van der Waals surface area contributed by atoms with Crippen molar-refractivity contribution in [1.29, 1.82) is 0 Å². The molecule has 294 valence electrons. The number of carbonyl (C=O) groups excluding carboxylic acids is 2. The molecule has 0 fully saturated rings. The van der Waals surface area contributed by atoms with Gasteiger partial charge in [-0.15, -0.1) is 11.6 Å². The van der Waals surface area contributed by atoms with Crippen molar-refractivity contribution < 1.29 is 34.0 Å². The summed E-state index contributed by atoms with van der Waals surface area (Å²) >= 11 is 6.36. The number of aromatic nitrogens is 3. The predicted molar refractivity (Wildman–Crippen MR) is 219 cm³/mol. The number of ether oxygens (including phenoxy) is 3. The van der Waals surface area contributed by atoms with Gasteiger partial charge in [0.25, 0.3) is 5.56 Å². The van der Waals surface area contributed by atoms with E-state index in [9.17, 15) is 24.6 Å². The van der Waals surface area contributed by atoms with Gasteiger partial charge < -0.3 is 29.3 Å². The first kappa shape index (κ1) is 39.7. The fraction of sp³-hybridized carbons (Fsp3) is 0.390. The number of phenolic OH excluding ortho intramolecular Hbond substituents is 1. The summed E-state index contributed by atoms with van der Waals surface area (Å²) in [7, 11) is 4.43. The van der Waals surface area contributed by atoms with Crippen LogP contribution in [-0.4, -0.2) is 74.5 Å². The number of amides is 1. The molecule has 0 saturated carbocycles. The van der Waals surface area contributed by atoms with Gasteiger partial charge >= 0.3 is 5.97 Å². The van der Waals surface area contributed by atoms with Crippen molar-refractivity contribution in [2.24, 2.45) is 0 Å². The Morgan fingerprint density at radius 3 is 2.64 bits per heavy atom. The first-order valence-electron chi connectivity index (χ1n) is 18.7. The number of nitrogens with zero attached hydrogens (tertiary/aromatic N) is 4. The van der Waals surface area contributed by atoms with Crippen LogP contribution in [0, 0.1) is 0 Å². The number of aliphatic hydroxyl groups is 1. The fourth-order valence-corrected chi connectivity index (χ4v) is 9.57. The zero-order valence-corrected chi connectivity index (χ0v) is 33.5. The summed E-state index contributed by atoms with van der Waals surface area (Å²) in [5.74, 6) is 0.0257. The number of unbranched alkanes of at least 4 members (excludes halogenated alkanes) is 2. The molecule has 5 aromatic rings. The van der Waals surface area contributed by atoms with Crippen LogP contribution in [0.15, 0.2) is 70.6 Å². The summed E-state index contributed by atoms with van der Waals surface area (Å²) in [6.07, 6.45) is 4.18. The van der Waals surface area contributed by atoms with Crippen molar-refractivity contribution in [2.45, 2.75) is 74.2 Å². The summed E-state index contributed by atoms with van der Waals surface area (Å²) in [6.45, 7) is 2.64. The van der Waals surface area contributed by atoms with E-state index in [1.807, 2.05) is 49.4 Å². The van der Waals surface area contributed by atoms with Gasteiger partial charge in [0.1, 0.15) is 28.6 Å². The second kappa shape index (κ2) is 17.7. The SMILES string of the molecule is COc1cc2c(=O)nc3c(c(C(=O)OCC(C)SSc4ccccn4)n2c1OCCCCCC(=O)N1CC(CCl)c2c1cc(O)c1ccccc21)C(O)CCC3. The number of hydrogen-bond acceptors (Lipinski definition) is 12. The fourth-order valence-electron chi connectivity index (χ4n) is 7.44. The lowest BCUT2D eigenvalue weighted by molar-refractivity contribution is -0.118. The summed E-state index contributed by atoms with van der Waals surface area (Å²) < 4.78 is 19.1. The van der Waals surface area contributed by atoms with Crippen LogP contribution >= 0.6 is 33.2 Å². The number of carbonyl (C=O) groups is 2. The number of aliphatic hydroxyl groups excluding tert-OH is 1. The van der Waals surface area contributed by atoms with Crippen LogP contribution in [0.5, 0.6) is 17.4 Å². The number of pyridine rings is 1. The van der Waals surface area contributed by atoms with Crippen molar-refractivity contribution in [3.63, 3.8) is 0 Å². The van der Waals surface area contributed by atoms with E-state index in [-0.39, 0.29) is 70.9 Å². The highest BCUT2D eigenvalue weighted by Gasteiger charge is 2.35. The van der Waals surface area contributed by atoms with Crippen molar-refractivity contribution in [2.75, 3.05) is 37.6 Å². The molecule has 56 heavy (non-hydrogen) atoms. The number of rotatable bonds is 15. The van der Waals surface area contributed by atoms with Gasteiger partial charge in [0.05, 0.1) is 31.2 Å². The van der Waals surface area contributed by atoms with Gasteiger partial charge in [0, 0.05) is 59.3 Å². The Bertz CT molecular complexity index is 2310. The Morgan fingerprint density at radius 2 is 1.88 bits per heavy atom. The molecule has 0 saturated heterocycles. The molecule has 3 unspecified atom stereocenters. The quantitative estimate of drug-likeness (QED) is 0.0463. The number of esters is 1. The molecule has 0 spiro atoms. The number of benzene rings is 2. The topological polar surface area (TPSA) is 153 Å². The second-order valence-corrected chi connectivity index (χ2v) is 16.9. The molecule has 2 aliphatic rings. The standard InChI is InChI=1S/C41H43ClN4O8S2/c1-24(55-56-34-15-7-8-17-43-34)23-54-41(51)38-37-28(13-10-14-31(37)47)44-39(50)30-20-33(52-2)40(46(30)38)53-18-9-3-4-16-35(49)45-22-25(21-42)36-27-12-6-5-11-26(27)32(48)19-29(36)45/h5-8,11-12,15,17,19-20,24-25,31,47-48H,3-4,9-10,13-14,16,18,21-23H2,1-2H3. The molecule has 1 aliphatic heterocycles. The van der Waals surface area contributed by atoms with E-state index in [1.165, 1.54) is 39.2 Å². The number of alkyl halides is 1. The zero-order chi connectivity index (χ0) is 39.3. The molecule has 0 bridgehead atoms. The van der Waals surface area contributed by atoms with Crippen molar-refractivity contribution in [3.8, 4) is 17.4 Å². The van der Waals surface area contributed by atoms with Gasteiger partial charge in [-0.2, -0.15) is 0 Å². The summed E-state index contributed by atoms with van der Waals surface area (Å²) in [6, 6.07) is 16.4. The zero-order valence-electron chi connectivity index (χ0n) is 31.1. The highest BCUT2D eigenvalue weighted by molar-refractivity contribution is 8.76. The number of aromatic hydroxyl groups is 1. The predicted octanol–water partition coefficient (Wildman–Crippen LogP) is 7.62. The van der Waals surface area contributed by atoms with E-state index in [1.54, 1.807) is 17.2 Å². The number of aryl methyl sites for hydroxylation is 1. The van der Waals surface area contributed by atoms with Crippen molar-refractivity contribution in [3.05, 3.63) is 93.7 Å². The minimum absolute atomic E-state index is 0.0183. The highest BCUT2D eigenvalue weighted by atomic mass is 35.5. The normalized spacial score (nSPS) is 16.8. The van der Waals surface area contributed by atoms with E-state index in [2.05, 4.69) is 9.97 Å². The van der Waals surface area contributed by atoms with Gasteiger partial charge in [-0.05, 0) is 79.3 Å². The van der Waals surface area contributed by atoms with Gasteiger partial charge in [0.15, 0.2) is 5.75 Å². The average Bonchev–Trinajstić information content (AvgIpc) is 3.73. The van der Waals surface area contributed by atoms with Crippen LogP contribution in [0.4, 0.5) is 5.69 Å². The molecule has 3 atom stereocenters. The largest absolute Gasteiger partial charge is 0.507 e. The molecule has 1 aliphatic carbocycles. The number of hydrogen-bond donors (Lipinski definition) is 2. The first-order valence-corrected chi connectivity index (χ1v) is 21.4. The summed E-state index contributed by atoms with van der Waals surface area (Å²) in [4.78, 5) is 51.5. The number of anilines is 1. The van der Waals surface area contributed by atoms with Crippen molar-refractivity contribution >= 4 is 67.0 Å². The summed E-state index contributed by atoms with van der Waals surface area (Å²) in [5.41, 5.74) is 1.74. The lowest BCUT2D eigenvalue weighted by Crippen LogP contribution is -2.29. The van der Waals surface area contributed by atoms with Gasteiger partial charge in [-0.3, -0.25) is 14.0 Å². The average molecular weight is 819 g/mol. The van der Waals surface area contributed by atoms with Gasteiger partial charge in [-0.1, -0.05) is 41.1 Å². The molecule has 2 aromatic carbocycles. The maximum Gasteiger partial charge on any atom is 0.355 e.